The highest BCUT2D eigenvalue weighted by Crippen LogP contribution is 2.35. The predicted octanol–water partition coefficient (Wildman–Crippen LogP) is 2.73. The molecule has 1 aliphatic rings. The van der Waals surface area contributed by atoms with E-state index < -0.39 is 0 Å². The summed E-state index contributed by atoms with van der Waals surface area (Å²) >= 11 is 3.48. The van der Waals surface area contributed by atoms with Crippen molar-refractivity contribution < 1.29 is 5.11 Å². The molecule has 0 aromatic heterocycles. The molecule has 1 heterocycles. The van der Waals surface area contributed by atoms with Crippen molar-refractivity contribution in [2.45, 2.75) is 18.8 Å². The summed E-state index contributed by atoms with van der Waals surface area (Å²) in [4.78, 5) is 0. The average Bonchev–Trinajstić information content (AvgIpc) is 2.19. The SMILES string of the molecule is OCCC1CCNc2ccc(Br)cc21. The number of aliphatic hydroxyl groups is 1. The van der Waals surface area contributed by atoms with Crippen molar-refractivity contribution in [2.24, 2.45) is 0 Å². The van der Waals surface area contributed by atoms with Crippen molar-refractivity contribution in [1.82, 2.24) is 0 Å². The second kappa shape index (κ2) is 4.32. The zero-order chi connectivity index (χ0) is 9.97. The van der Waals surface area contributed by atoms with Gasteiger partial charge >= 0.3 is 0 Å². The zero-order valence-corrected chi connectivity index (χ0v) is 9.55. The summed E-state index contributed by atoms with van der Waals surface area (Å²) in [6.07, 6.45) is 1.98. The fourth-order valence-electron chi connectivity index (χ4n) is 2.02. The Morgan fingerprint density at radius 3 is 3.14 bits per heavy atom. The third-order valence-corrected chi connectivity index (χ3v) is 3.23. The minimum absolute atomic E-state index is 0.274. The lowest BCUT2D eigenvalue weighted by Crippen LogP contribution is -2.17. The molecule has 3 heteroatoms. The van der Waals surface area contributed by atoms with Gasteiger partial charge in [0.05, 0.1) is 0 Å². The van der Waals surface area contributed by atoms with E-state index in [-0.39, 0.29) is 6.61 Å². The first-order chi connectivity index (χ1) is 6.81. The van der Waals surface area contributed by atoms with Gasteiger partial charge in [-0.15, -0.1) is 0 Å². The van der Waals surface area contributed by atoms with Crippen LogP contribution in [0.3, 0.4) is 0 Å². The second-order valence-electron chi connectivity index (χ2n) is 3.66. The number of nitrogens with one attached hydrogen (secondary N) is 1. The first kappa shape index (κ1) is 9.99. The maximum atomic E-state index is 8.98. The number of hydrogen-bond donors (Lipinski definition) is 2. The van der Waals surface area contributed by atoms with Gasteiger partial charge in [0.1, 0.15) is 0 Å². The van der Waals surface area contributed by atoms with Gasteiger partial charge in [0.2, 0.25) is 0 Å². The third-order valence-electron chi connectivity index (χ3n) is 2.74. The Morgan fingerprint density at radius 2 is 2.36 bits per heavy atom. The van der Waals surface area contributed by atoms with Gasteiger partial charge in [-0.3, -0.25) is 0 Å². The summed E-state index contributed by atoms with van der Waals surface area (Å²) in [5, 5.41) is 12.4. The minimum Gasteiger partial charge on any atom is -0.396 e. The molecule has 0 fully saturated rings. The zero-order valence-electron chi connectivity index (χ0n) is 7.96. The molecule has 2 nitrogen and oxygen atoms in total. The van der Waals surface area contributed by atoms with Gasteiger partial charge in [-0.2, -0.15) is 0 Å². The first-order valence-corrected chi connectivity index (χ1v) is 5.74. The summed E-state index contributed by atoms with van der Waals surface area (Å²) in [5.41, 5.74) is 2.55. The predicted molar refractivity (Wildman–Crippen MR) is 61.7 cm³/mol. The third kappa shape index (κ3) is 1.93. The Labute approximate surface area is 92.5 Å². The topological polar surface area (TPSA) is 32.3 Å². The van der Waals surface area contributed by atoms with E-state index in [1.165, 1.54) is 11.3 Å². The fraction of sp³-hybridized carbons (Fsp3) is 0.455. The molecule has 1 aromatic carbocycles. The number of rotatable bonds is 2. The number of anilines is 1. The molecule has 0 amide bonds. The van der Waals surface area contributed by atoms with Crippen LogP contribution < -0.4 is 5.32 Å². The van der Waals surface area contributed by atoms with Crippen LogP contribution in [0.2, 0.25) is 0 Å². The molecule has 0 radical (unpaired) electrons. The van der Waals surface area contributed by atoms with Crippen LogP contribution in [-0.4, -0.2) is 18.3 Å². The molecule has 2 N–H and O–H groups in total. The normalized spacial score (nSPS) is 20.0. The Morgan fingerprint density at radius 1 is 1.50 bits per heavy atom. The molecule has 0 aliphatic carbocycles. The molecule has 1 aromatic rings. The highest BCUT2D eigenvalue weighted by atomic mass is 79.9. The van der Waals surface area contributed by atoms with Gasteiger partial charge in [0, 0.05) is 23.3 Å². The minimum atomic E-state index is 0.274. The molecular formula is C11H14BrNO. The molecule has 1 atom stereocenters. The van der Waals surface area contributed by atoms with Crippen LogP contribution >= 0.6 is 15.9 Å². The van der Waals surface area contributed by atoms with Gasteiger partial charge in [-0.25, -0.2) is 0 Å². The maximum Gasteiger partial charge on any atom is 0.0436 e. The van der Waals surface area contributed by atoms with E-state index in [1.807, 2.05) is 6.07 Å². The second-order valence-corrected chi connectivity index (χ2v) is 4.57. The van der Waals surface area contributed by atoms with E-state index in [1.54, 1.807) is 0 Å². The quantitative estimate of drug-likeness (QED) is 0.852. The van der Waals surface area contributed by atoms with Gasteiger partial charge < -0.3 is 10.4 Å². The summed E-state index contributed by atoms with van der Waals surface area (Å²) in [6, 6.07) is 6.30. The smallest absolute Gasteiger partial charge is 0.0436 e. The lowest BCUT2D eigenvalue weighted by atomic mass is 9.89. The molecule has 0 saturated heterocycles. The molecule has 2 rings (SSSR count). The van der Waals surface area contributed by atoms with Crippen LogP contribution in [0.15, 0.2) is 22.7 Å². The van der Waals surface area contributed by atoms with Crippen LogP contribution in [0.1, 0.15) is 24.3 Å². The molecule has 0 spiro atoms. The monoisotopic (exact) mass is 255 g/mol. The Bertz CT molecular complexity index is 327. The van der Waals surface area contributed by atoms with Crippen LogP contribution in [0.5, 0.6) is 0 Å². The van der Waals surface area contributed by atoms with Crippen molar-refractivity contribution in [1.29, 1.82) is 0 Å². The fourth-order valence-corrected chi connectivity index (χ4v) is 2.40. The Balaban J connectivity index is 2.32. The first-order valence-electron chi connectivity index (χ1n) is 4.95. The molecule has 76 valence electrons. The van der Waals surface area contributed by atoms with Crippen LogP contribution in [-0.2, 0) is 0 Å². The number of benzene rings is 1. The van der Waals surface area contributed by atoms with Crippen molar-refractivity contribution in [3.8, 4) is 0 Å². The largest absolute Gasteiger partial charge is 0.396 e. The van der Waals surface area contributed by atoms with E-state index in [0.29, 0.717) is 5.92 Å². The van der Waals surface area contributed by atoms with Gasteiger partial charge in [-0.1, -0.05) is 15.9 Å². The van der Waals surface area contributed by atoms with Crippen LogP contribution in [0.4, 0.5) is 5.69 Å². The number of hydrogen-bond acceptors (Lipinski definition) is 2. The van der Waals surface area contributed by atoms with Crippen molar-refractivity contribution in [3.05, 3.63) is 28.2 Å². The lowest BCUT2D eigenvalue weighted by Gasteiger charge is -2.26. The van der Waals surface area contributed by atoms with E-state index in [0.717, 1.165) is 23.9 Å². The van der Waals surface area contributed by atoms with E-state index in [2.05, 4.69) is 33.4 Å². The summed E-state index contributed by atoms with van der Waals surface area (Å²) in [5.74, 6) is 0.508. The van der Waals surface area contributed by atoms with Crippen LogP contribution in [0, 0.1) is 0 Å². The maximum absolute atomic E-state index is 8.98. The number of fused-ring (bicyclic) bond motifs is 1. The molecule has 14 heavy (non-hydrogen) atoms. The van der Waals surface area contributed by atoms with Crippen LogP contribution in [0.25, 0.3) is 0 Å². The van der Waals surface area contributed by atoms with Crippen molar-refractivity contribution in [3.63, 3.8) is 0 Å². The molecule has 1 aliphatic heterocycles. The van der Waals surface area contributed by atoms with Gasteiger partial charge in [-0.05, 0) is 42.5 Å². The van der Waals surface area contributed by atoms with Gasteiger partial charge in [0.15, 0.2) is 0 Å². The Kier molecular flexibility index (Phi) is 3.08. The highest BCUT2D eigenvalue weighted by Gasteiger charge is 2.19. The summed E-state index contributed by atoms with van der Waals surface area (Å²) in [6.45, 7) is 1.29. The standard InChI is InChI=1S/C11H14BrNO/c12-9-1-2-11-10(7-9)8(4-6-14)3-5-13-11/h1-2,7-8,13-14H,3-6H2. The Hall–Kier alpha value is -0.540. The number of aliphatic hydroxyl groups excluding tert-OH is 1. The van der Waals surface area contributed by atoms with Crippen molar-refractivity contribution >= 4 is 21.6 Å². The van der Waals surface area contributed by atoms with E-state index >= 15 is 0 Å². The summed E-state index contributed by atoms with van der Waals surface area (Å²) < 4.78 is 1.11. The lowest BCUT2D eigenvalue weighted by molar-refractivity contribution is 0.273. The molecule has 0 bridgehead atoms. The van der Waals surface area contributed by atoms with Gasteiger partial charge in [0.25, 0.3) is 0 Å². The molecular weight excluding hydrogens is 242 g/mol. The van der Waals surface area contributed by atoms with E-state index in [4.69, 9.17) is 5.11 Å². The van der Waals surface area contributed by atoms with E-state index in [9.17, 15) is 0 Å². The highest BCUT2D eigenvalue weighted by molar-refractivity contribution is 9.10. The average molecular weight is 256 g/mol. The summed E-state index contributed by atoms with van der Waals surface area (Å²) in [7, 11) is 0. The van der Waals surface area contributed by atoms with Crippen molar-refractivity contribution in [2.75, 3.05) is 18.5 Å². The molecule has 0 saturated carbocycles. The molecule has 1 unspecified atom stereocenters. The number of halogens is 1.